The number of nitrogens with zero attached hydrogens (tertiary/aromatic N) is 3. The van der Waals surface area contributed by atoms with E-state index in [-0.39, 0.29) is 4.99 Å². The molecule has 2 aromatic rings. The lowest BCUT2D eigenvalue weighted by Crippen LogP contribution is -2.16. The van der Waals surface area contributed by atoms with Gasteiger partial charge in [0.1, 0.15) is 10.7 Å². The molecule has 17 heavy (non-hydrogen) atoms. The number of pyridine rings is 1. The van der Waals surface area contributed by atoms with E-state index in [1.807, 2.05) is 19.1 Å². The molecule has 2 rings (SSSR count). The van der Waals surface area contributed by atoms with Crippen LogP contribution in [-0.4, -0.2) is 19.8 Å². The highest BCUT2D eigenvalue weighted by atomic mass is 35.5. The Hall–Kier alpha value is -1.46. The van der Waals surface area contributed by atoms with Gasteiger partial charge in [-0.3, -0.25) is 9.67 Å². The van der Waals surface area contributed by atoms with Crippen LogP contribution in [0.4, 0.5) is 0 Å². The van der Waals surface area contributed by atoms with E-state index in [0.29, 0.717) is 17.3 Å². The fourth-order valence-electron chi connectivity index (χ4n) is 1.54. The molecule has 0 unspecified atom stereocenters. The standard InChI is InChI=1S/C11H11ClN4S/c1-7-9(12)6-16(15-7)5-8-3-2-4-14-10(8)11(13)17/h2-4,6H,5H2,1H3,(H2,13,17). The van der Waals surface area contributed by atoms with Crippen LogP contribution < -0.4 is 5.73 Å². The Bertz CT molecular complexity index is 545. The average molecular weight is 267 g/mol. The molecule has 6 heteroatoms. The molecule has 0 fully saturated rings. The molecule has 0 aliphatic carbocycles. The first-order valence-electron chi connectivity index (χ1n) is 5.01. The average Bonchev–Trinajstić information content (AvgIpc) is 2.58. The van der Waals surface area contributed by atoms with Gasteiger partial charge in [0.25, 0.3) is 0 Å². The molecule has 4 nitrogen and oxygen atoms in total. The lowest BCUT2D eigenvalue weighted by molar-refractivity contribution is 0.677. The van der Waals surface area contributed by atoms with Gasteiger partial charge in [-0.1, -0.05) is 29.9 Å². The van der Waals surface area contributed by atoms with Crippen molar-refractivity contribution in [2.75, 3.05) is 0 Å². The number of hydrogen-bond acceptors (Lipinski definition) is 3. The number of rotatable bonds is 3. The van der Waals surface area contributed by atoms with Crippen molar-refractivity contribution >= 4 is 28.8 Å². The van der Waals surface area contributed by atoms with Crippen molar-refractivity contribution in [2.24, 2.45) is 5.73 Å². The predicted octanol–water partition coefficient (Wildman–Crippen LogP) is 1.92. The third-order valence-corrected chi connectivity index (χ3v) is 2.91. The Labute approximate surface area is 109 Å². The van der Waals surface area contributed by atoms with Crippen LogP contribution in [0.3, 0.4) is 0 Å². The molecule has 0 aromatic carbocycles. The molecule has 0 amide bonds. The van der Waals surface area contributed by atoms with Crippen molar-refractivity contribution in [3.63, 3.8) is 0 Å². The first-order chi connectivity index (χ1) is 8.08. The van der Waals surface area contributed by atoms with Crippen LogP contribution in [0.5, 0.6) is 0 Å². The molecule has 0 spiro atoms. The molecule has 0 aliphatic rings. The second kappa shape index (κ2) is 4.81. The van der Waals surface area contributed by atoms with E-state index in [2.05, 4.69) is 10.1 Å². The second-order valence-electron chi connectivity index (χ2n) is 3.64. The Balaban J connectivity index is 2.33. The van der Waals surface area contributed by atoms with Crippen LogP contribution in [0.15, 0.2) is 24.5 Å². The Kier molecular flexibility index (Phi) is 3.40. The van der Waals surface area contributed by atoms with E-state index < -0.39 is 0 Å². The molecule has 0 bridgehead atoms. The van der Waals surface area contributed by atoms with Crippen molar-refractivity contribution < 1.29 is 0 Å². The van der Waals surface area contributed by atoms with Gasteiger partial charge in [0, 0.05) is 18.0 Å². The third-order valence-electron chi connectivity index (χ3n) is 2.34. The van der Waals surface area contributed by atoms with Crippen molar-refractivity contribution in [3.05, 3.63) is 46.5 Å². The predicted molar refractivity (Wildman–Crippen MR) is 71.2 cm³/mol. The zero-order chi connectivity index (χ0) is 12.4. The van der Waals surface area contributed by atoms with Gasteiger partial charge < -0.3 is 5.73 Å². The minimum Gasteiger partial charge on any atom is -0.388 e. The minimum absolute atomic E-state index is 0.288. The van der Waals surface area contributed by atoms with Crippen molar-refractivity contribution in [3.8, 4) is 0 Å². The summed E-state index contributed by atoms with van der Waals surface area (Å²) in [6.07, 6.45) is 3.44. The number of thiocarbonyl (C=S) groups is 1. The zero-order valence-electron chi connectivity index (χ0n) is 9.22. The highest BCUT2D eigenvalue weighted by Gasteiger charge is 2.08. The highest BCUT2D eigenvalue weighted by molar-refractivity contribution is 7.80. The maximum absolute atomic E-state index is 5.95. The highest BCUT2D eigenvalue weighted by Crippen LogP contribution is 2.14. The first kappa shape index (κ1) is 12.0. The molecule has 0 atom stereocenters. The van der Waals surface area contributed by atoms with Crippen LogP contribution in [-0.2, 0) is 6.54 Å². The van der Waals surface area contributed by atoms with E-state index in [1.165, 1.54) is 0 Å². The normalized spacial score (nSPS) is 10.5. The first-order valence-corrected chi connectivity index (χ1v) is 5.80. The van der Waals surface area contributed by atoms with Crippen molar-refractivity contribution in [1.82, 2.24) is 14.8 Å². The van der Waals surface area contributed by atoms with E-state index >= 15 is 0 Å². The number of hydrogen-bond donors (Lipinski definition) is 1. The lowest BCUT2D eigenvalue weighted by atomic mass is 10.2. The van der Waals surface area contributed by atoms with E-state index in [9.17, 15) is 0 Å². The number of aryl methyl sites for hydroxylation is 1. The summed E-state index contributed by atoms with van der Waals surface area (Å²) in [6, 6.07) is 3.77. The molecular formula is C11H11ClN4S. The van der Waals surface area contributed by atoms with Gasteiger partial charge in [0.05, 0.1) is 17.3 Å². The summed E-state index contributed by atoms with van der Waals surface area (Å²) in [5.74, 6) is 0. The number of halogens is 1. The summed E-state index contributed by atoms with van der Waals surface area (Å²) in [6.45, 7) is 2.41. The van der Waals surface area contributed by atoms with E-state index in [4.69, 9.17) is 29.6 Å². The Morgan fingerprint density at radius 1 is 1.59 bits per heavy atom. The Morgan fingerprint density at radius 3 is 2.94 bits per heavy atom. The second-order valence-corrected chi connectivity index (χ2v) is 4.48. The fraction of sp³-hybridized carbons (Fsp3) is 0.182. The van der Waals surface area contributed by atoms with Crippen LogP contribution in [0.25, 0.3) is 0 Å². The monoisotopic (exact) mass is 266 g/mol. The van der Waals surface area contributed by atoms with Crippen LogP contribution in [0, 0.1) is 6.92 Å². The van der Waals surface area contributed by atoms with Gasteiger partial charge in [-0.15, -0.1) is 0 Å². The largest absolute Gasteiger partial charge is 0.388 e. The van der Waals surface area contributed by atoms with E-state index in [0.717, 1.165) is 11.3 Å². The summed E-state index contributed by atoms with van der Waals surface area (Å²) in [5, 5.41) is 4.92. The summed E-state index contributed by atoms with van der Waals surface area (Å²) in [7, 11) is 0. The third kappa shape index (κ3) is 2.62. The maximum atomic E-state index is 5.95. The van der Waals surface area contributed by atoms with Crippen LogP contribution >= 0.6 is 23.8 Å². The van der Waals surface area contributed by atoms with Gasteiger partial charge >= 0.3 is 0 Å². The summed E-state index contributed by atoms with van der Waals surface area (Å²) in [4.78, 5) is 4.45. The molecule has 0 aliphatic heterocycles. The maximum Gasteiger partial charge on any atom is 0.123 e. The smallest absolute Gasteiger partial charge is 0.123 e. The molecule has 2 aromatic heterocycles. The summed E-state index contributed by atoms with van der Waals surface area (Å²) >= 11 is 10.9. The summed E-state index contributed by atoms with van der Waals surface area (Å²) < 4.78 is 1.75. The molecule has 2 heterocycles. The molecule has 88 valence electrons. The van der Waals surface area contributed by atoms with Gasteiger partial charge in [0.2, 0.25) is 0 Å². The number of nitrogens with two attached hydrogens (primary N) is 1. The minimum atomic E-state index is 0.288. The fourth-order valence-corrected chi connectivity index (χ4v) is 1.87. The quantitative estimate of drug-likeness (QED) is 0.863. The molecular weight excluding hydrogens is 256 g/mol. The molecule has 0 saturated heterocycles. The SMILES string of the molecule is Cc1nn(Cc2cccnc2C(N)=S)cc1Cl. The van der Waals surface area contributed by atoms with Gasteiger partial charge in [-0.25, -0.2) is 0 Å². The van der Waals surface area contributed by atoms with Crippen molar-refractivity contribution in [1.29, 1.82) is 0 Å². The zero-order valence-corrected chi connectivity index (χ0v) is 10.8. The lowest BCUT2D eigenvalue weighted by Gasteiger charge is -2.06. The molecule has 0 radical (unpaired) electrons. The van der Waals surface area contributed by atoms with Crippen LogP contribution in [0.2, 0.25) is 5.02 Å². The molecule has 0 saturated carbocycles. The molecule has 2 N–H and O–H groups in total. The van der Waals surface area contributed by atoms with Crippen molar-refractivity contribution in [2.45, 2.75) is 13.5 Å². The van der Waals surface area contributed by atoms with Gasteiger partial charge in [-0.05, 0) is 13.0 Å². The van der Waals surface area contributed by atoms with E-state index in [1.54, 1.807) is 17.1 Å². The van der Waals surface area contributed by atoms with Gasteiger partial charge in [-0.2, -0.15) is 5.10 Å². The summed E-state index contributed by atoms with van der Waals surface area (Å²) in [5.41, 5.74) is 7.98. The van der Waals surface area contributed by atoms with Gasteiger partial charge in [0.15, 0.2) is 0 Å². The Morgan fingerprint density at radius 2 is 2.35 bits per heavy atom. The number of aromatic nitrogens is 3. The van der Waals surface area contributed by atoms with Crippen LogP contribution in [0.1, 0.15) is 17.0 Å². The topological polar surface area (TPSA) is 56.7 Å².